The van der Waals surface area contributed by atoms with Crippen LogP contribution in [0.2, 0.25) is 10.0 Å². The second-order valence-corrected chi connectivity index (χ2v) is 8.52. The number of aromatic nitrogens is 3. The Morgan fingerprint density at radius 3 is 2.21 bits per heavy atom. The molecule has 176 valence electrons. The minimum Gasteiger partial charge on any atom is -0.349 e. The number of hydrogen-bond donors (Lipinski definition) is 3. The van der Waals surface area contributed by atoms with Gasteiger partial charge in [-0.3, -0.25) is 9.59 Å². The topological polar surface area (TPSA) is 112 Å². The third-order valence-electron chi connectivity index (χ3n) is 5.26. The summed E-state index contributed by atoms with van der Waals surface area (Å²) in [5.74, 6) is -0.363. The third kappa shape index (κ3) is 6.19. The maximum absolute atomic E-state index is 12.5. The molecule has 1 saturated heterocycles. The minimum atomic E-state index is -0.460. The average molecular weight is 500 g/mol. The second-order valence-electron chi connectivity index (χ2n) is 7.71. The second kappa shape index (κ2) is 11.2. The fraction of sp³-hybridized carbons (Fsp3) is 0.261. The highest BCUT2D eigenvalue weighted by Crippen LogP contribution is 2.25. The standard InChI is InChI=1S/C23H23Cl2N7O2/c24-17-4-3-5-18(25)20(17)22(34)30-16-13-28-23(29-14-16)31-15-6-7-19(27-12-15)21(33)26-8-11-32-9-1-2-10-32/h3-7,12-14H,1-2,8-11H2,(H,26,33)(H,30,34)(H,28,29,31). The fourth-order valence-corrected chi connectivity index (χ4v) is 4.09. The number of anilines is 3. The first-order valence-electron chi connectivity index (χ1n) is 10.8. The minimum absolute atomic E-state index is 0.180. The summed E-state index contributed by atoms with van der Waals surface area (Å²) in [4.78, 5) is 39.6. The van der Waals surface area contributed by atoms with Crippen molar-refractivity contribution in [2.24, 2.45) is 0 Å². The summed E-state index contributed by atoms with van der Waals surface area (Å²) in [6.45, 7) is 3.64. The Kier molecular flexibility index (Phi) is 7.89. The van der Waals surface area contributed by atoms with Crippen LogP contribution in [-0.4, -0.2) is 57.8 Å². The van der Waals surface area contributed by atoms with Gasteiger partial charge in [-0.25, -0.2) is 15.0 Å². The van der Waals surface area contributed by atoms with Crippen LogP contribution in [0.1, 0.15) is 33.7 Å². The molecular formula is C23H23Cl2N7O2. The van der Waals surface area contributed by atoms with Crippen molar-refractivity contribution in [2.75, 3.05) is 36.8 Å². The molecule has 9 nitrogen and oxygen atoms in total. The molecule has 11 heteroatoms. The number of nitrogens with one attached hydrogen (secondary N) is 3. The first-order valence-corrected chi connectivity index (χ1v) is 11.6. The Morgan fingerprint density at radius 1 is 0.882 bits per heavy atom. The van der Waals surface area contributed by atoms with E-state index in [1.165, 1.54) is 31.4 Å². The quantitative estimate of drug-likeness (QED) is 0.429. The summed E-state index contributed by atoms with van der Waals surface area (Å²) in [6, 6.07) is 8.19. The number of pyridine rings is 1. The number of rotatable bonds is 8. The van der Waals surface area contributed by atoms with E-state index < -0.39 is 5.91 Å². The van der Waals surface area contributed by atoms with Crippen LogP contribution in [0.15, 0.2) is 48.9 Å². The largest absolute Gasteiger partial charge is 0.349 e. The maximum atomic E-state index is 12.5. The van der Waals surface area contributed by atoms with Crippen LogP contribution in [0.4, 0.5) is 17.3 Å². The fourth-order valence-electron chi connectivity index (χ4n) is 3.52. The van der Waals surface area contributed by atoms with Crippen molar-refractivity contribution in [3.05, 3.63) is 70.2 Å². The molecule has 0 bridgehead atoms. The van der Waals surface area contributed by atoms with Gasteiger partial charge in [0.15, 0.2) is 0 Å². The lowest BCUT2D eigenvalue weighted by Crippen LogP contribution is -2.33. The molecule has 0 spiro atoms. The SMILES string of the molecule is O=C(NCCN1CCCC1)c1ccc(Nc2ncc(NC(=O)c3c(Cl)cccc3Cl)cn2)cn1. The lowest BCUT2D eigenvalue weighted by molar-refractivity contribution is 0.0944. The molecule has 0 atom stereocenters. The Balaban J connectivity index is 1.29. The van der Waals surface area contributed by atoms with Gasteiger partial charge in [0.1, 0.15) is 5.69 Å². The number of benzene rings is 1. The van der Waals surface area contributed by atoms with Gasteiger partial charge in [0.05, 0.1) is 45.6 Å². The van der Waals surface area contributed by atoms with E-state index in [0.717, 1.165) is 19.6 Å². The third-order valence-corrected chi connectivity index (χ3v) is 5.89. The summed E-state index contributed by atoms with van der Waals surface area (Å²) < 4.78 is 0. The van der Waals surface area contributed by atoms with Crippen molar-refractivity contribution in [2.45, 2.75) is 12.8 Å². The van der Waals surface area contributed by atoms with Gasteiger partial charge in [-0.1, -0.05) is 29.3 Å². The molecule has 1 aliphatic rings. The number of carbonyl (C=O) groups excluding carboxylic acids is 2. The first kappa shape index (κ1) is 23.9. The Hall–Kier alpha value is -3.27. The normalized spacial score (nSPS) is 13.5. The van der Waals surface area contributed by atoms with Crippen molar-refractivity contribution in [3.63, 3.8) is 0 Å². The predicted octanol–water partition coefficient (Wildman–Crippen LogP) is 4.00. The summed E-state index contributed by atoms with van der Waals surface area (Å²) in [5.41, 5.74) is 1.52. The van der Waals surface area contributed by atoms with Crippen LogP contribution in [-0.2, 0) is 0 Å². The molecular weight excluding hydrogens is 477 g/mol. The van der Waals surface area contributed by atoms with E-state index in [9.17, 15) is 9.59 Å². The maximum Gasteiger partial charge on any atom is 0.269 e. The van der Waals surface area contributed by atoms with Gasteiger partial charge in [-0.15, -0.1) is 0 Å². The van der Waals surface area contributed by atoms with E-state index in [1.807, 2.05) is 0 Å². The highest BCUT2D eigenvalue weighted by Gasteiger charge is 2.15. The summed E-state index contributed by atoms with van der Waals surface area (Å²) in [7, 11) is 0. The Labute approximate surface area is 206 Å². The van der Waals surface area contributed by atoms with Crippen molar-refractivity contribution < 1.29 is 9.59 Å². The monoisotopic (exact) mass is 499 g/mol. The number of carbonyl (C=O) groups is 2. The van der Waals surface area contributed by atoms with Gasteiger partial charge in [0, 0.05) is 13.1 Å². The molecule has 1 aromatic carbocycles. The Bertz CT molecular complexity index is 1130. The summed E-state index contributed by atoms with van der Waals surface area (Å²) in [6.07, 6.45) is 6.89. The number of likely N-dealkylation sites (tertiary alicyclic amines) is 1. The smallest absolute Gasteiger partial charge is 0.269 e. The molecule has 0 unspecified atom stereocenters. The lowest BCUT2D eigenvalue weighted by atomic mass is 10.2. The highest BCUT2D eigenvalue weighted by atomic mass is 35.5. The molecule has 4 rings (SSSR count). The van der Waals surface area contributed by atoms with Crippen LogP contribution in [0.3, 0.4) is 0 Å². The molecule has 1 fully saturated rings. The number of halogens is 2. The molecule has 0 aliphatic carbocycles. The predicted molar refractivity (Wildman–Crippen MR) is 132 cm³/mol. The zero-order valence-electron chi connectivity index (χ0n) is 18.2. The van der Waals surface area contributed by atoms with E-state index in [1.54, 1.807) is 30.3 Å². The van der Waals surface area contributed by atoms with Crippen molar-refractivity contribution in [1.82, 2.24) is 25.2 Å². The average Bonchev–Trinajstić information content (AvgIpc) is 3.34. The van der Waals surface area contributed by atoms with Crippen LogP contribution in [0.5, 0.6) is 0 Å². The number of nitrogens with zero attached hydrogens (tertiary/aromatic N) is 4. The van der Waals surface area contributed by atoms with E-state index >= 15 is 0 Å². The molecule has 2 amide bonds. The van der Waals surface area contributed by atoms with Crippen molar-refractivity contribution in [1.29, 1.82) is 0 Å². The molecule has 0 radical (unpaired) electrons. The van der Waals surface area contributed by atoms with E-state index in [4.69, 9.17) is 23.2 Å². The van der Waals surface area contributed by atoms with Gasteiger partial charge < -0.3 is 20.9 Å². The van der Waals surface area contributed by atoms with Crippen molar-refractivity contribution >= 4 is 52.3 Å². The van der Waals surface area contributed by atoms with Crippen LogP contribution >= 0.6 is 23.2 Å². The molecule has 1 aliphatic heterocycles. The van der Waals surface area contributed by atoms with Gasteiger partial charge in [-0.05, 0) is 50.2 Å². The van der Waals surface area contributed by atoms with E-state index in [-0.39, 0.29) is 21.5 Å². The van der Waals surface area contributed by atoms with Gasteiger partial charge in [-0.2, -0.15) is 0 Å². The molecule has 0 saturated carbocycles. The highest BCUT2D eigenvalue weighted by molar-refractivity contribution is 6.40. The number of amides is 2. The Morgan fingerprint density at radius 2 is 1.56 bits per heavy atom. The molecule has 3 aromatic rings. The zero-order chi connectivity index (χ0) is 23.9. The molecule has 34 heavy (non-hydrogen) atoms. The van der Waals surface area contributed by atoms with Gasteiger partial charge in [0.25, 0.3) is 11.8 Å². The van der Waals surface area contributed by atoms with Crippen LogP contribution in [0.25, 0.3) is 0 Å². The molecule has 3 heterocycles. The first-order chi connectivity index (χ1) is 16.5. The van der Waals surface area contributed by atoms with Crippen LogP contribution < -0.4 is 16.0 Å². The summed E-state index contributed by atoms with van der Waals surface area (Å²) >= 11 is 12.1. The molecule has 2 aromatic heterocycles. The van der Waals surface area contributed by atoms with E-state index in [2.05, 4.69) is 35.8 Å². The van der Waals surface area contributed by atoms with Gasteiger partial charge >= 0.3 is 0 Å². The lowest BCUT2D eigenvalue weighted by Gasteiger charge is -2.14. The zero-order valence-corrected chi connectivity index (χ0v) is 19.7. The van der Waals surface area contributed by atoms with E-state index in [0.29, 0.717) is 29.6 Å². The summed E-state index contributed by atoms with van der Waals surface area (Å²) in [5, 5.41) is 9.06. The number of hydrogen-bond acceptors (Lipinski definition) is 7. The van der Waals surface area contributed by atoms with Crippen molar-refractivity contribution in [3.8, 4) is 0 Å². The van der Waals surface area contributed by atoms with Gasteiger partial charge in [0.2, 0.25) is 5.95 Å². The molecule has 3 N–H and O–H groups in total. The van der Waals surface area contributed by atoms with Crippen LogP contribution in [0, 0.1) is 0 Å².